The molecule has 0 aromatic rings. The smallest absolute Gasteiger partial charge is 0.373 e. The first kappa shape index (κ1) is 9.08. The first-order valence-corrected chi connectivity index (χ1v) is 4.36. The molecule has 1 aliphatic heterocycles. The number of allylic oxidation sites excluding steroid dienone is 1. The molecule has 66 valence electrons. The van der Waals surface area contributed by atoms with Crippen molar-refractivity contribution in [3.8, 4) is 6.19 Å². The summed E-state index contributed by atoms with van der Waals surface area (Å²) in [4.78, 5) is 6.07. The van der Waals surface area contributed by atoms with Crippen molar-refractivity contribution in [3.05, 3.63) is 17.1 Å². The van der Waals surface area contributed by atoms with E-state index >= 15 is 0 Å². The van der Waals surface area contributed by atoms with E-state index in [0.29, 0.717) is 0 Å². The SMILES string of the molecule is CC/C=C\[N+]#CN1CCOCC1. The molecule has 0 radical (unpaired) electrons. The van der Waals surface area contributed by atoms with Gasteiger partial charge >= 0.3 is 6.19 Å². The van der Waals surface area contributed by atoms with E-state index in [0.717, 1.165) is 32.7 Å². The largest absolute Gasteiger partial charge is 0.377 e. The average Bonchev–Trinajstić information content (AvgIpc) is 2.14. The van der Waals surface area contributed by atoms with Gasteiger partial charge in [-0.1, -0.05) is 6.92 Å². The maximum absolute atomic E-state index is 5.19. The fourth-order valence-corrected chi connectivity index (χ4v) is 0.936. The zero-order chi connectivity index (χ0) is 8.65. The first-order valence-electron chi connectivity index (χ1n) is 4.36. The van der Waals surface area contributed by atoms with Crippen LogP contribution < -0.4 is 0 Å². The van der Waals surface area contributed by atoms with Gasteiger partial charge in [0.1, 0.15) is 13.1 Å². The molecule has 0 spiro atoms. The topological polar surface area (TPSA) is 16.8 Å². The van der Waals surface area contributed by atoms with E-state index in [1.807, 2.05) is 11.0 Å². The highest BCUT2D eigenvalue weighted by molar-refractivity contribution is 4.99. The Morgan fingerprint density at radius 3 is 2.92 bits per heavy atom. The van der Waals surface area contributed by atoms with Crippen LogP contribution in [0.3, 0.4) is 0 Å². The van der Waals surface area contributed by atoms with Crippen molar-refractivity contribution in [2.24, 2.45) is 0 Å². The molecule has 1 heterocycles. The number of nitrogens with zero attached hydrogens (tertiary/aromatic N) is 2. The fourth-order valence-electron chi connectivity index (χ4n) is 0.936. The van der Waals surface area contributed by atoms with Gasteiger partial charge in [-0.3, -0.25) is 0 Å². The van der Waals surface area contributed by atoms with Crippen molar-refractivity contribution in [2.75, 3.05) is 26.3 Å². The van der Waals surface area contributed by atoms with Crippen LogP contribution in [0, 0.1) is 6.19 Å². The zero-order valence-electron chi connectivity index (χ0n) is 7.49. The van der Waals surface area contributed by atoms with Crippen LogP contribution in [0.2, 0.25) is 0 Å². The minimum absolute atomic E-state index is 0.792. The van der Waals surface area contributed by atoms with Crippen LogP contribution in [0.5, 0.6) is 0 Å². The van der Waals surface area contributed by atoms with Crippen molar-refractivity contribution >= 4 is 0 Å². The Morgan fingerprint density at radius 1 is 1.50 bits per heavy atom. The lowest BCUT2D eigenvalue weighted by Gasteiger charge is -2.14. The van der Waals surface area contributed by atoms with Gasteiger partial charge in [0.2, 0.25) is 0 Å². The third-order valence-electron chi connectivity index (χ3n) is 1.63. The molecule has 12 heavy (non-hydrogen) atoms. The summed E-state index contributed by atoms with van der Waals surface area (Å²) >= 11 is 0. The van der Waals surface area contributed by atoms with E-state index in [1.54, 1.807) is 6.20 Å². The molecule has 1 fully saturated rings. The summed E-state index contributed by atoms with van der Waals surface area (Å²) in [5.74, 6) is 0. The second-order valence-corrected chi connectivity index (χ2v) is 2.62. The van der Waals surface area contributed by atoms with Gasteiger partial charge in [-0.2, -0.15) is 4.85 Å². The Balaban J connectivity index is 2.26. The Hall–Kier alpha value is -1.01. The van der Waals surface area contributed by atoms with Crippen molar-refractivity contribution in [1.29, 1.82) is 0 Å². The van der Waals surface area contributed by atoms with Crippen LogP contribution in [0.25, 0.3) is 4.85 Å². The lowest BCUT2D eigenvalue weighted by molar-refractivity contribution is 0.0636. The Labute approximate surface area is 73.4 Å². The van der Waals surface area contributed by atoms with Gasteiger partial charge in [0.25, 0.3) is 0 Å². The maximum Gasteiger partial charge on any atom is 0.377 e. The molecule has 0 amide bonds. The van der Waals surface area contributed by atoms with Crippen LogP contribution >= 0.6 is 0 Å². The molecule has 0 bridgehead atoms. The molecular formula is C9H15N2O+. The van der Waals surface area contributed by atoms with Gasteiger partial charge in [-0.15, -0.1) is 0 Å². The van der Waals surface area contributed by atoms with Crippen LogP contribution in [-0.2, 0) is 4.74 Å². The molecule has 1 aliphatic rings. The van der Waals surface area contributed by atoms with Crippen LogP contribution in [0.15, 0.2) is 12.3 Å². The molecule has 3 heteroatoms. The highest BCUT2D eigenvalue weighted by Crippen LogP contribution is 1.94. The molecule has 0 aromatic heterocycles. The van der Waals surface area contributed by atoms with Gasteiger partial charge in [-0.25, -0.2) is 4.90 Å². The van der Waals surface area contributed by atoms with Crippen molar-refractivity contribution in [2.45, 2.75) is 13.3 Å². The molecule has 0 unspecified atom stereocenters. The highest BCUT2D eigenvalue weighted by atomic mass is 16.5. The van der Waals surface area contributed by atoms with E-state index in [1.165, 1.54) is 0 Å². The predicted octanol–water partition coefficient (Wildman–Crippen LogP) is 1.53. The molecule has 1 rings (SSSR count). The number of rotatable bonds is 1. The van der Waals surface area contributed by atoms with Crippen LogP contribution in [0.4, 0.5) is 0 Å². The van der Waals surface area contributed by atoms with E-state index in [-0.39, 0.29) is 0 Å². The number of morpholine rings is 1. The zero-order valence-corrected chi connectivity index (χ0v) is 7.49. The Morgan fingerprint density at radius 2 is 2.25 bits per heavy atom. The Kier molecular flexibility index (Phi) is 4.25. The maximum atomic E-state index is 5.19. The molecule has 0 aromatic carbocycles. The van der Waals surface area contributed by atoms with Crippen LogP contribution in [0.1, 0.15) is 13.3 Å². The van der Waals surface area contributed by atoms with E-state index in [2.05, 4.69) is 18.0 Å². The molecule has 0 aliphatic carbocycles. The summed E-state index contributed by atoms with van der Waals surface area (Å²) in [6.45, 7) is 5.48. The molecule has 0 N–H and O–H groups in total. The minimum Gasteiger partial charge on any atom is -0.373 e. The molecule has 0 atom stereocenters. The van der Waals surface area contributed by atoms with Crippen LogP contribution in [-0.4, -0.2) is 31.2 Å². The van der Waals surface area contributed by atoms with Gasteiger partial charge in [0.15, 0.2) is 6.20 Å². The lowest BCUT2D eigenvalue weighted by Crippen LogP contribution is -2.32. The number of ether oxygens (including phenoxy) is 1. The van der Waals surface area contributed by atoms with Crippen molar-refractivity contribution in [1.82, 2.24) is 4.90 Å². The fraction of sp³-hybridized carbons (Fsp3) is 0.667. The second kappa shape index (κ2) is 5.62. The monoisotopic (exact) mass is 167 g/mol. The first-order chi connectivity index (χ1) is 5.93. The van der Waals surface area contributed by atoms with Crippen molar-refractivity contribution < 1.29 is 4.74 Å². The highest BCUT2D eigenvalue weighted by Gasteiger charge is 2.13. The summed E-state index contributed by atoms with van der Waals surface area (Å²) in [7, 11) is 0. The second-order valence-electron chi connectivity index (χ2n) is 2.62. The third-order valence-corrected chi connectivity index (χ3v) is 1.63. The summed E-state index contributed by atoms with van der Waals surface area (Å²) in [5, 5.41) is 0. The third kappa shape index (κ3) is 3.40. The van der Waals surface area contributed by atoms with Gasteiger partial charge in [-0.05, 0) is 12.5 Å². The normalized spacial score (nSPS) is 17.6. The average molecular weight is 167 g/mol. The Bertz CT molecular complexity index is 196. The molecule has 0 saturated carbocycles. The minimum atomic E-state index is 0.792. The van der Waals surface area contributed by atoms with Gasteiger partial charge in [0.05, 0.1) is 13.2 Å². The number of hydrogen-bond acceptors (Lipinski definition) is 2. The number of hydrogen-bond donors (Lipinski definition) is 0. The molecular weight excluding hydrogens is 152 g/mol. The summed E-state index contributed by atoms with van der Waals surface area (Å²) in [6, 6.07) is 0. The van der Waals surface area contributed by atoms with E-state index < -0.39 is 0 Å². The van der Waals surface area contributed by atoms with E-state index in [9.17, 15) is 0 Å². The quantitative estimate of drug-likeness (QED) is 0.551. The van der Waals surface area contributed by atoms with Crippen molar-refractivity contribution in [3.63, 3.8) is 0 Å². The summed E-state index contributed by atoms with van der Waals surface area (Å²) < 4.78 is 5.19. The van der Waals surface area contributed by atoms with E-state index in [4.69, 9.17) is 4.74 Å². The predicted molar refractivity (Wildman–Crippen MR) is 49.1 cm³/mol. The summed E-state index contributed by atoms with van der Waals surface area (Å²) in [5.41, 5.74) is 0. The lowest BCUT2D eigenvalue weighted by atomic mass is 10.5. The summed E-state index contributed by atoms with van der Waals surface area (Å²) in [6.07, 6.45) is 7.76. The van der Waals surface area contributed by atoms with Gasteiger partial charge < -0.3 is 4.74 Å². The van der Waals surface area contributed by atoms with Gasteiger partial charge in [0, 0.05) is 0 Å². The standard InChI is InChI=1S/C9H15N2O/c1-2-3-4-10-9-11-5-7-12-8-6-11/h3-4H,2,5-8H2,1H3/q+1/b4-3-. The molecule has 1 saturated heterocycles. The molecule has 3 nitrogen and oxygen atoms in total.